The minimum atomic E-state index is -3.99. The van der Waals surface area contributed by atoms with Gasteiger partial charge in [0.15, 0.2) is 0 Å². The standard InChI is InChI=1S/C19H23Cl2N3O4/c1-11(2)3-16(18(25)26)23-17(19(27)28)7-15-8-22-10-24(15)9-12-4-13(20)6-14(21)5-12/h4-6,8,10-11,16-17,23H,3,7,9H2,1-2H3,(H,25,26)(H,27,28)/t16?,17-/m0/s1/i1D3,2D3,3D2,9D2,11D. The van der Waals surface area contributed by atoms with Crippen LogP contribution in [-0.4, -0.2) is 43.8 Å². The lowest BCUT2D eigenvalue weighted by Crippen LogP contribution is -2.49. The fourth-order valence-corrected chi connectivity index (χ4v) is 2.80. The Morgan fingerprint density at radius 2 is 1.89 bits per heavy atom. The molecule has 0 aliphatic rings. The predicted octanol–water partition coefficient (Wildman–Crippen LogP) is 3.32. The molecule has 1 aromatic carbocycles. The van der Waals surface area contributed by atoms with Gasteiger partial charge in [-0.05, 0) is 36.0 Å². The van der Waals surface area contributed by atoms with Crippen LogP contribution in [0.3, 0.4) is 0 Å². The molecule has 2 atom stereocenters. The minimum Gasteiger partial charge on any atom is -0.480 e. The van der Waals surface area contributed by atoms with Crippen molar-refractivity contribution in [3.63, 3.8) is 0 Å². The number of carboxylic acid groups (broad SMARTS) is 2. The first-order valence-electron chi connectivity index (χ1n) is 13.2. The Labute approximate surface area is 188 Å². The van der Waals surface area contributed by atoms with Gasteiger partial charge in [0.25, 0.3) is 0 Å². The molecule has 0 spiro atoms. The number of nitrogens with one attached hydrogen (secondary N) is 1. The van der Waals surface area contributed by atoms with Crippen LogP contribution in [0.5, 0.6) is 0 Å². The first-order chi connectivity index (χ1) is 17.5. The molecule has 7 nitrogen and oxygen atoms in total. The lowest BCUT2D eigenvalue weighted by atomic mass is 10.0. The summed E-state index contributed by atoms with van der Waals surface area (Å²) in [6, 6.07) is -0.968. The maximum Gasteiger partial charge on any atom is 0.321 e. The Kier molecular flexibility index (Phi) is 3.96. The lowest BCUT2D eigenvalue weighted by Gasteiger charge is -2.22. The molecule has 2 rings (SSSR count). The molecule has 9 heteroatoms. The summed E-state index contributed by atoms with van der Waals surface area (Å²) in [5.74, 6) is -7.92. The molecule has 0 aliphatic heterocycles. The third kappa shape index (κ3) is 6.51. The number of benzene rings is 1. The van der Waals surface area contributed by atoms with Crippen LogP contribution in [0.2, 0.25) is 10.0 Å². The van der Waals surface area contributed by atoms with E-state index in [-0.39, 0.29) is 21.3 Å². The summed E-state index contributed by atoms with van der Waals surface area (Å²) >= 11 is 11.9. The predicted molar refractivity (Wildman–Crippen MR) is 107 cm³/mol. The molecule has 0 amide bonds. The van der Waals surface area contributed by atoms with Crippen LogP contribution in [-0.2, 0) is 22.5 Å². The van der Waals surface area contributed by atoms with E-state index in [4.69, 9.17) is 38.3 Å². The van der Waals surface area contributed by atoms with Crippen molar-refractivity contribution in [1.82, 2.24) is 14.9 Å². The van der Waals surface area contributed by atoms with Crippen molar-refractivity contribution in [2.24, 2.45) is 5.89 Å². The molecule has 2 aromatic rings. The van der Waals surface area contributed by atoms with E-state index in [1.165, 1.54) is 18.2 Å². The van der Waals surface area contributed by atoms with E-state index in [2.05, 4.69) is 4.98 Å². The number of aromatic nitrogens is 2. The molecule has 0 saturated heterocycles. The van der Waals surface area contributed by atoms with Crippen molar-refractivity contribution in [2.75, 3.05) is 0 Å². The topological polar surface area (TPSA) is 104 Å². The van der Waals surface area contributed by atoms with Crippen molar-refractivity contribution in [2.45, 2.75) is 45.1 Å². The monoisotopic (exact) mass is 438 g/mol. The summed E-state index contributed by atoms with van der Waals surface area (Å²) in [6.45, 7) is -10.1. The lowest BCUT2D eigenvalue weighted by molar-refractivity contribution is -0.142. The zero-order valence-electron chi connectivity index (χ0n) is 25.1. The van der Waals surface area contributed by atoms with Gasteiger partial charge in [-0.25, -0.2) is 4.98 Å². The van der Waals surface area contributed by atoms with E-state index < -0.39 is 62.9 Å². The maximum atomic E-state index is 12.1. The number of hydrogen-bond donors (Lipinski definition) is 3. The van der Waals surface area contributed by atoms with Gasteiger partial charge >= 0.3 is 11.9 Å². The minimum absolute atomic E-state index is 0.0480. The second kappa shape index (κ2) is 9.91. The smallest absolute Gasteiger partial charge is 0.321 e. The van der Waals surface area contributed by atoms with Crippen LogP contribution in [0.15, 0.2) is 30.7 Å². The third-order valence-electron chi connectivity index (χ3n) is 3.44. The van der Waals surface area contributed by atoms with E-state index >= 15 is 0 Å². The molecule has 1 aromatic heterocycles. The molecule has 0 aliphatic carbocycles. The Morgan fingerprint density at radius 1 is 1.25 bits per heavy atom. The number of aliphatic carboxylic acids is 2. The zero-order chi connectivity index (χ0) is 30.4. The number of nitrogens with zero attached hydrogens (tertiary/aromatic N) is 2. The van der Waals surface area contributed by atoms with Gasteiger partial charge in [-0.15, -0.1) is 0 Å². The van der Waals surface area contributed by atoms with Crippen molar-refractivity contribution in [3.05, 3.63) is 52.0 Å². The van der Waals surface area contributed by atoms with Crippen LogP contribution >= 0.6 is 23.2 Å². The largest absolute Gasteiger partial charge is 0.480 e. The molecule has 28 heavy (non-hydrogen) atoms. The number of imidazole rings is 1. The summed E-state index contributed by atoms with van der Waals surface area (Å²) in [6.07, 6.45) is -2.54. The van der Waals surface area contributed by atoms with Crippen LogP contribution in [0.1, 0.15) is 46.4 Å². The molecule has 1 unspecified atom stereocenters. The number of carboxylic acids is 2. The summed E-state index contributed by atoms with van der Waals surface area (Å²) in [7, 11) is 0. The highest BCUT2D eigenvalue weighted by atomic mass is 35.5. The van der Waals surface area contributed by atoms with Crippen molar-refractivity contribution in [3.8, 4) is 0 Å². The highest BCUT2D eigenvalue weighted by Crippen LogP contribution is 2.20. The first kappa shape index (κ1) is 11.2. The van der Waals surface area contributed by atoms with E-state index in [9.17, 15) is 19.8 Å². The van der Waals surface area contributed by atoms with E-state index in [1.807, 2.05) is 5.32 Å². The summed E-state index contributed by atoms with van der Waals surface area (Å²) in [4.78, 5) is 27.9. The maximum absolute atomic E-state index is 12.1. The van der Waals surface area contributed by atoms with Gasteiger partial charge in [0.1, 0.15) is 12.1 Å². The summed E-state index contributed by atoms with van der Waals surface area (Å²) in [5.41, 5.74) is -0.183. The van der Waals surface area contributed by atoms with Crippen molar-refractivity contribution < 1.29 is 34.9 Å². The Morgan fingerprint density at radius 3 is 2.46 bits per heavy atom. The van der Waals surface area contributed by atoms with E-state index in [1.54, 1.807) is 0 Å². The van der Waals surface area contributed by atoms with Gasteiger partial charge in [0.05, 0.1) is 9.07 Å². The van der Waals surface area contributed by atoms with E-state index in [0.29, 0.717) is 0 Å². The first-order valence-corrected chi connectivity index (χ1v) is 8.44. The molecular weight excluding hydrogens is 405 g/mol. The Bertz CT molecular complexity index is 1200. The van der Waals surface area contributed by atoms with Crippen molar-refractivity contribution >= 4 is 35.1 Å². The summed E-state index contributed by atoms with van der Waals surface area (Å²) in [5, 5.41) is 21.6. The second-order valence-electron chi connectivity index (χ2n) is 5.58. The van der Waals surface area contributed by atoms with E-state index in [0.717, 1.165) is 17.1 Å². The second-order valence-corrected chi connectivity index (χ2v) is 6.45. The molecule has 3 N–H and O–H groups in total. The number of hydrogen-bond acceptors (Lipinski definition) is 4. The highest BCUT2D eigenvalue weighted by molar-refractivity contribution is 6.34. The molecule has 1 heterocycles. The number of halogens is 2. The molecule has 152 valence electrons. The highest BCUT2D eigenvalue weighted by Gasteiger charge is 2.27. The number of rotatable bonds is 10. The summed E-state index contributed by atoms with van der Waals surface area (Å²) < 4.78 is 87.5. The fourth-order valence-electron chi connectivity index (χ4n) is 2.28. The third-order valence-corrected chi connectivity index (χ3v) is 3.88. The van der Waals surface area contributed by atoms with Gasteiger partial charge in [-0.3, -0.25) is 14.9 Å². The van der Waals surface area contributed by atoms with Crippen LogP contribution < -0.4 is 5.32 Å². The normalized spacial score (nSPS) is 21.6. The van der Waals surface area contributed by atoms with Gasteiger partial charge in [-0.1, -0.05) is 36.9 Å². The van der Waals surface area contributed by atoms with Gasteiger partial charge in [-0.2, -0.15) is 0 Å². The van der Waals surface area contributed by atoms with Crippen LogP contribution in [0.4, 0.5) is 0 Å². The van der Waals surface area contributed by atoms with Gasteiger partial charge < -0.3 is 14.8 Å². The molecule has 0 fully saturated rings. The number of carbonyl (C=O) groups is 2. The molecule has 0 radical (unpaired) electrons. The van der Waals surface area contributed by atoms with Crippen LogP contribution in [0, 0.1) is 5.89 Å². The SMILES string of the molecule is [2H]C([2H])(c1cc(Cl)cc(Cl)c1)n1cncc1C[C@H](NC(C(=O)O)C([2H])([2H])C([2H])(C([2H])([2H])[2H])C([2H])([2H])[2H])C(=O)O. The quantitative estimate of drug-likeness (QED) is 0.525. The Balaban J connectivity index is 2.54. The van der Waals surface area contributed by atoms with Gasteiger partial charge in [0, 0.05) is 47.2 Å². The fraction of sp³-hybridized carbons (Fsp3) is 0.421. The van der Waals surface area contributed by atoms with Gasteiger partial charge in [0.2, 0.25) is 0 Å². The Hall–Kier alpha value is -2.09. The average molecular weight is 439 g/mol. The average Bonchev–Trinajstić information content (AvgIpc) is 3.22. The zero-order valence-corrected chi connectivity index (χ0v) is 15.6. The molecule has 0 bridgehead atoms. The van der Waals surface area contributed by atoms with Crippen LogP contribution in [0.25, 0.3) is 0 Å². The molecule has 0 saturated carbocycles. The molecular formula is C19H23Cl2N3O4. The van der Waals surface area contributed by atoms with Crippen molar-refractivity contribution in [1.29, 1.82) is 0 Å².